The Hall–Kier alpha value is 0.130. The third kappa shape index (κ3) is 4.25. The maximum atomic E-state index is 11.0. The summed E-state index contributed by atoms with van der Waals surface area (Å²) in [6.07, 6.45) is -0.0194. The van der Waals surface area contributed by atoms with Gasteiger partial charge >= 0.3 is 5.97 Å². The summed E-state index contributed by atoms with van der Waals surface area (Å²) >= 11 is 11.6. The average molecular weight is 258 g/mol. The number of carbonyl (C=O) groups excluding carboxylic acids is 1. The second-order valence-electron chi connectivity index (χ2n) is 2.58. The van der Waals surface area contributed by atoms with Crippen LogP contribution in [0.25, 0.3) is 0 Å². The molecule has 1 aromatic rings. The van der Waals surface area contributed by atoms with E-state index in [9.17, 15) is 4.79 Å². The van der Waals surface area contributed by atoms with Gasteiger partial charge in [0.2, 0.25) is 0 Å². The number of hydrogen-bond donors (Lipinski definition) is 0. The molecule has 77 valence electrons. The molecule has 7 heteroatoms. The molecule has 1 aromatic heterocycles. The number of aromatic nitrogens is 2. The van der Waals surface area contributed by atoms with Gasteiger partial charge in [-0.3, -0.25) is 4.79 Å². The molecule has 0 bridgehead atoms. The molecule has 0 aliphatic heterocycles. The Balaban J connectivity index is 0.00000196. The fourth-order valence-corrected chi connectivity index (χ4v) is 1.50. The van der Waals surface area contributed by atoms with Crippen LogP contribution in [-0.4, -0.2) is 52.6 Å². The monoisotopic (exact) mass is 257 g/mol. The SMILES string of the molecule is COC(=O)Cc1c(Cl)nc(C)nc1Cl.[Na]. The summed E-state index contributed by atoms with van der Waals surface area (Å²) < 4.78 is 4.48. The van der Waals surface area contributed by atoms with Crippen molar-refractivity contribution in [3.63, 3.8) is 0 Å². The third-order valence-electron chi connectivity index (χ3n) is 1.57. The number of nitrogens with zero attached hydrogens (tertiary/aromatic N) is 2. The van der Waals surface area contributed by atoms with Gasteiger partial charge in [0.15, 0.2) is 0 Å². The molecular weight excluding hydrogens is 250 g/mol. The molecule has 15 heavy (non-hydrogen) atoms. The molecule has 1 rings (SSSR count). The molecule has 0 aliphatic carbocycles. The van der Waals surface area contributed by atoms with Gasteiger partial charge in [-0.1, -0.05) is 23.2 Å². The second-order valence-corrected chi connectivity index (χ2v) is 3.30. The quantitative estimate of drug-likeness (QED) is 0.457. The first kappa shape index (κ1) is 15.1. The van der Waals surface area contributed by atoms with E-state index >= 15 is 0 Å². The fourth-order valence-electron chi connectivity index (χ4n) is 0.892. The number of carbonyl (C=O) groups is 1. The van der Waals surface area contributed by atoms with Gasteiger partial charge in [-0.15, -0.1) is 0 Å². The average Bonchev–Trinajstić information content (AvgIpc) is 2.10. The van der Waals surface area contributed by atoms with E-state index in [-0.39, 0.29) is 46.3 Å². The van der Waals surface area contributed by atoms with E-state index in [1.54, 1.807) is 6.92 Å². The van der Waals surface area contributed by atoms with Crippen LogP contribution in [0.4, 0.5) is 0 Å². The van der Waals surface area contributed by atoms with Gasteiger partial charge in [-0.25, -0.2) is 9.97 Å². The molecule has 0 saturated carbocycles. The van der Waals surface area contributed by atoms with Crippen LogP contribution in [0.1, 0.15) is 11.4 Å². The number of ether oxygens (including phenoxy) is 1. The number of rotatable bonds is 2. The van der Waals surface area contributed by atoms with Gasteiger partial charge in [0.1, 0.15) is 16.1 Å². The first-order valence-electron chi connectivity index (χ1n) is 3.80. The van der Waals surface area contributed by atoms with Gasteiger partial charge in [-0.05, 0) is 6.92 Å². The molecule has 0 atom stereocenters. The summed E-state index contributed by atoms with van der Waals surface area (Å²) in [6.45, 7) is 1.67. The largest absolute Gasteiger partial charge is 0.469 e. The van der Waals surface area contributed by atoms with Gasteiger partial charge in [-0.2, -0.15) is 0 Å². The summed E-state index contributed by atoms with van der Waals surface area (Å²) in [5.74, 6) is 0.0369. The van der Waals surface area contributed by atoms with Crippen LogP contribution >= 0.6 is 23.2 Å². The van der Waals surface area contributed by atoms with Crippen LogP contribution in [0.2, 0.25) is 10.3 Å². The van der Waals surface area contributed by atoms with E-state index in [1.165, 1.54) is 7.11 Å². The first-order chi connectivity index (χ1) is 6.54. The maximum Gasteiger partial charge on any atom is 0.310 e. The molecule has 0 saturated heterocycles. The van der Waals surface area contributed by atoms with Crippen molar-refractivity contribution in [3.8, 4) is 0 Å². The molecule has 0 amide bonds. The molecule has 0 aliphatic rings. The van der Waals surface area contributed by atoms with Crippen molar-refractivity contribution in [2.75, 3.05) is 7.11 Å². The maximum absolute atomic E-state index is 11.0. The molecular formula is C8H8Cl2N2NaO2. The minimum absolute atomic E-state index is 0. The second kappa shape index (κ2) is 6.66. The first-order valence-corrected chi connectivity index (χ1v) is 4.55. The molecule has 4 nitrogen and oxygen atoms in total. The van der Waals surface area contributed by atoms with Crippen LogP contribution in [0, 0.1) is 6.92 Å². The molecule has 0 aromatic carbocycles. The van der Waals surface area contributed by atoms with Crippen molar-refractivity contribution in [1.82, 2.24) is 9.97 Å². The van der Waals surface area contributed by atoms with Crippen LogP contribution in [0.15, 0.2) is 0 Å². The zero-order valence-corrected chi connectivity index (χ0v) is 12.2. The Morgan fingerprint density at radius 1 is 1.33 bits per heavy atom. The smallest absolute Gasteiger partial charge is 0.310 e. The van der Waals surface area contributed by atoms with E-state index < -0.39 is 5.97 Å². The van der Waals surface area contributed by atoms with Crippen molar-refractivity contribution < 1.29 is 9.53 Å². The summed E-state index contributed by atoms with van der Waals surface area (Å²) in [6, 6.07) is 0. The number of hydrogen-bond acceptors (Lipinski definition) is 4. The van der Waals surface area contributed by atoms with Gasteiger partial charge < -0.3 is 4.74 Å². The van der Waals surface area contributed by atoms with E-state index in [1.807, 2.05) is 0 Å². The summed E-state index contributed by atoms with van der Waals surface area (Å²) in [5.41, 5.74) is 0.394. The van der Waals surface area contributed by atoms with Crippen molar-refractivity contribution in [2.24, 2.45) is 0 Å². The number of esters is 1. The zero-order valence-electron chi connectivity index (χ0n) is 8.67. The Labute approximate surface area is 120 Å². The predicted molar refractivity (Wildman–Crippen MR) is 58.3 cm³/mol. The van der Waals surface area contributed by atoms with Crippen LogP contribution in [-0.2, 0) is 16.0 Å². The predicted octanol–water partition coefficient (Wildman–Crippen LogP) is 1.43. The minimum atomic E-state index is -0.429. The van der Waals surface area contributed by atoms with E-state index in [0.29, 0.717) is 11.4 Å². The number of halogens is 2. The Bertz CT molecular complexity index is 351. The normalized spacial score (nSPS) is 9.33. The number of methoxy groups -OCH3 is 1. The van der Waals surface area contributed by atoms with Gasteiger partial charge in [0.25, 0.3) is 0 Å². The van der Waals surface area contributed by atoms with Crippen molar-refractivity contribution in [3.05, 3.63) is 21.7 Å². The van der Waals surface area contributed by atoms with Crippen LogP contribution in [0.3, 0.4) is 0 Å². The summed E-state index contributed by atoms with van der Waals surface area (Å²) in [5, 5.41) is 0.376. The molecule has 0 unspecified atom stereocenters. The third-order valence-corrected chi connectivity index (χ3v) is 2.19. The summed E-state index contributed by atoms with van der Waals surface area (Å²) in [4.78, 5) is 18.7. The Morgan fingerprint density at radius 3 is 2.20 bits per heavy atom. The van der Waals surface area contributed by atoms with E-state index in [4.69, 9.17) is 23.2 Å². The van der Waals surface area contributed by atoms with Gasteiger partial charge in [0, 0.05) is 35.1 Å². The molecule has 0 fully saturated rings. The molecule has 1 radical (unpaired) electrons. The van der Waals surface area contributed by atoms with Crippen LogP contribution < -0.4 is 0 Å². The molecule has 0 N–H and O–H groups in total. The summed E-state index contributed by atoms with van der Waals surface area (Å²) in [7, 11) is 1.29. The van der Waals surface area contributed by atoms with Crippen molar-refractivity contribution in [2.45, 2.75) is 13.3 Å². The van der Waals surface area contributed by atoms with Crippen molar-refractivity contribution >= 4 is 58.7 Å². The standard InChI is InChI=1S/C8H8Cl2N2O2.Na/c1-4-11-7(9)5(8(10)12-4)3-6(13)14-2;/h3H2,1-2H3;. The molecule has 0 spiro atoms. The Morgan fingerprint density at radius 2 is 1.80 bits per heavy atom. The molecule has 1 heterocycles. The van der Waals surface area contributed by atoms with Gasteiger partial charge in [0.05, 0.1) is 13.5 Å². The van der Waals surface area contributed by atoms with E-state index in [2.05, 4.69) is 14.7 Å². The number of aryl methyl sites for hydroxylation is 1. The van der Waals surface area contributed by atoms with Crippen LogP contribution in [0.5, 0.6) is 0 Å². The van der Waals surface area contributed by atoms with Crippen molar-refractivity contribution in [1.29, 1.82) is 0 Å². The van der Waals surface area contributed by atoms with E-state index in [0.717, 1.165) is 0 Å². The minimum Gasteiger partial charge on any atom is -0.469 e. The fraction of sp³-hybridized carbons (Fsp3) is 0.375. The zero-order chi connectivity index (χ0) is 10.7. The topological polar surface area (TPSA) is 52.1 Å². The Kier molecular flexibility index (Phi) is 6.71.